The van der Waals surface area contributed by atoms with Gasteiger partial charge in [0.15, 0.2) is 0 Å². The average molecular weight is 725 g/mol. The molecule has 4 aliphatic carbocycles. The molecule has 4 nitrogen and oxygen atoms in total. The fourth-order valence-electron chi connectivity index (χ4n) is 11.6. The van der Waals surface area contributed by atoms with E-state index in [4.69, 9.17) is 14.2 Å². The molecule has 0 N–H and O–H groups in total. The van der Waals surface area contributed by atoms with Crippen molar-refractivity contribution in [2.24, 2.45) is 46.3 Å². The highest BCUT2D eigenvalue weighted by molar-refractivity contribution is 5.69. The molecular weight excluding hydrogens is 653 g/mol. The Balaban J connectivity index is 0.890. The van der Waals surface area contributed by atoms with Crippen LogP contribution in [0.4, 0.5) is 0 Å². The van der Waals surface area contributed by atoms with Gasteiger partial charge in [-0.05, 0) is 152 Å². The molecule has 4 aliphatic rings. The Morgan fingerprint density at radius 1 is 0.755 bits per heavy atom. The average Bonchev–Trinajstić information content (AvgIpc) is 3.51. The largest absolute Gasteiger partial charge is 0.494 e. The second kappa shape index (κ2) is 18.3. The number of ether oxygens (including phenoxy) is 3. The first kappa shape index (κ1) is 39.9. The lowest BCUT2D eigenvalue weighted by Crippen LogP contribution is -2.51. The minimum Gasteiger partial charge on any atom is -0.494 e. The first-order valence-electron chi connectivity index (χ1n) is 22.0. The van der Waals surface area contributed by atoms with E-state index >= 15 is 0 Å². The standard InChI is InChI=1S/C49H72O4/c1-7-8-32-51-40-21-16-37(17-22-40)38-18-23-41(24-19-38)52-33-11-9-10-15-47(50)53-42-28-30-48(5)39(34-42)20-25-43-45-27-26-44(36(4)14-12-13-35(2)3)49(45,6)31-29-46(43)48/h16-24,35-36,42-46H,7-15,25-34H2,1-6H3/t36-,42+,43+,44-,45+,46+,48+,49-/m1/s1. The highest BCUT2D eigenvalue weighted by Gasteiger charge is 2.59. The Labute approximate surface area is 323 Å². The maximum atomic E-state index is 12.9. The topological polar surface area (TPSA) is 44.8 Å². The predicted molar refractivity (Wildman–Crippen MR) is 219 cm³/mol. The van der Waals surface area contributed by atoms with E-state index in [1.54, 1.807) is 5.57 Å². The first-order valence-corrected chi connectivity index (χ1v) is 22.0. The fraction of sp³-hybridized carbons (Fsp3) is 0.694. The minimum atomic E-state index is -0.0158. The fourth-order valence-corrected chi connectivity index (χ4v) is 11.6. The Bertz CT molecular complexity index is 1470. The van der Waals surface area contributed by atoms with Gasteiger partial charge in [-0.25, -0.2) is 0 Å². The summed E-state index contributed by atoms with van der Waals surface area (Å²) in [6.07, 6.45) is 22.5. The number of esters is 1. The number of allylic oxidation sites excluding steroid dienone is 1. The highest BCUT2D eigenvalue weighted by Crippen LogP contribution is 2.67. The van der Waals surface area contributed by atoms with Gasteiger partial charge in [-0.15, -0.1) is 0 Å². The number of hydrogen-bond donors (Lipinski definition) is 0. The third kappa shape index (κ3) is 9.56. The van der Waals surface area contributed by atoms with Gasteiger partial charge in [-0.1, -0.05) is 103 Å². The van der Waals surface area contributed by atoms with Gasteiger partial charge in [0.25, 0.3) is 0 Å². The second-order valence-electron chi connectivity index (χ2n) is 18.6. The molecule has 8 atom stereocenters. The Morgan fingerprint density at radius 2 is 1.43 bits per heavy atom. The molecule has 6 rings (SSSR count). The zero-order valence-electron chi connectivity index (χ0n) is 34.3. The van der Waals surface area contributed by atoms with Crippen LogP contribution in [0.25, 0.3) is 11.1 Å². The summed E-state index contributed by atoms with van der Waals surface area (Å²) >= 11 is 0. The third-order valence-corrected chi connectivity index (χ3v) is 14.7. The number of benzene rings is 2. The van der Waals surface area contributed by atoms with Crippen LogP contribution in [-0.2, 0) is 9.53 Å². The Morgan fingerprint density at radius 3 is 2.09 bits per heavy atom. The van der Waals surface area contributed by atoms with Crippen molar-refractivity contribution in [3.63, 3.8) is 0 Å². The molecule has 0 bridgehead atoms. The van der Waals surface area contributed by atoms with Crippen LogP contribution in [0.5, 0.6) is 11.5 Å². The molecule has 53 heavy (non-hydrogen) atoms. The number of carbonyl (C=O) groups excluding carboxylic acids is 1. The third-order valence-electron chi connectivity index (χ3n) is 14.7. The lowest BCUT2D eigenvalue weighted by atomic mass is 9.47. The SMILES string of the molecule is CCCCOc1ccc(-c2ccc(OCCCCCC(=O)O[C@H]3CC[C@@]4(C)C(=CC[C@H]5[C@@H]6CC[C@H]([C@H](C)CCCC(C)C)[C@@]6(C)CC[C@@H]54)C3)cc2)cc1. The number of fused-ring (bicyclic) bond motifs is 5. The number of unbranched alkanes of at least 4 members (excludes halogenated alkanes) is 3. The normalized spacial score (nSPS) is 29.8. The summed E-state index contributed by atoms with van der Waals surface area (Å²) in [5.41, 5.74) is 4.77. The van der Waals surface area contributed by atoms with E-state index in [0.717, 1.165) is 98.6 Å². The summed E-state index contributed by atoms with van der Waals surface area (Å²) in [5.74, 6) is 6.92. The van der Waals surface area contributed by atoms with Crippen molar-refractivity contribution in [2.45, 2.75) is 157 Å². The van der Waals surface area contributed by atoms with E-state index in [0.29, 0.717) is 23.9 Å². The second-order valence-corrected chi connectivity index (χ2v) is 18.6. The molecule has 0 amide bonds. The molecule has 0 heterocycles. The van der Waals surface area contributed by atoms with Crippen molar-refractivity contribution >= 4 is 5.97 Å². The zero-order chi connectivity index (χ0) is 37.4. The zero-order valence-corrected chi connectivity index (χ0v) is 34.3. The smallest absolute Gasteiger partial charge is 0.306 e. The van der Waals surface area contributed by atoms with Crippen molar-refractivity contribution in [3.05, 3.63) is 60.2 Å². The van der Waals surface area contributed by atoms with Gasteiger partial charge in [0.05, 0.1) is 13.2 Å². The molecule has 0 unspecified atom stereocenters. The molecule has 4 heteroatoms. The molecular formula is C49H72O4. The van der Waals surface area contributed by atoms with E-state index in [-0.39, 0.29) is 12.1 Å². The maximum absolute atomic E-state index is 12.9. The van der Waals surface area contributed by atoms with Crippen molar-refractivity contribution < 1.29 is 19.0 Å². The van der Waals surface area contributed by atoms with Gasteiger partial charge in [-0.2, -0.15) is 0 Å². The molecule has 0 spiro atoms. The van der Waals surface area contributed by atoms with Crippen molar-refractivity contribution in [1.82, 2.24) is 0 Å². The van der Waals surface area contributed by atoms with E-state index in [1.165, 1.54) is 68.9 Å². The van der Waals surface area contributed by atoms with Crippen molar-refractivity contribution in [3.8, 4) is 22.6 Å². The van der Waals surface area contributed by atoms with E-state index in [9.17, 15) is 4.79 Å². The number of rotatable bonds is 18. The molecule has 0 saturated heterocycles. The lowest BCUT2D eigenvalue weighted by Gasteiger charge is -2.58. The van der Waals surface area contributed by atoms with Gasteiger partial charge in [0.2, 0.25) is 0 Å². The molecule has 0 aromatic heterocycles. The Kier molecular flexibility index (Phi) is 13.8. The van der Waals surface area contributed by atoms with Crippen LogP contribution in [0, 0.1) is 46.3 Å². The summed E-state index contributed by atoms with van der Waals surface area (Å²) in [4.78, 5) is 12.9. The summed E-state index contributed by atoms with van der Waals surface area (Å²) < 4.78 is 17.9. The molecule has 3 saturated carbocycles. The van der Waals surface area contributed by atoms with Gasteiger partial charge in [0, 0.05) is 12.8 Å². The van der Waals surface area contributed by atoms with Crippen molar-refractivity contribution in [2.75, 3.05) is 13.2 Å². The summed E-state index contributed by atoms with van der Waals surface area (Å²) in [6, 6.07) is 16.6. The highest BCUT2D eigenvalue weighted by atomic mass is 16.5. The Hall–Kier alpha value is -2.75. The van der Waals surface area contributed by atoms with E-state index in [1.807, 2.05) is 24.3 Å². The van der Waals surface area contributed by atoms with Crippen LogP contribution in [0.1, 0.15) is 151 Å². The van der Waals surface area contributed by atoms with Crippen LogP contribution in [0.2, 0.25) is 0 Å². The van der Waals surface area contributed by atoms with E-state index in [2.05, 4.69) is 71.9 Å². The maximum Gasteiger partial charge on any atom is 0.306 e. The molecule has 0 radical (unpaired) electrons. The predicted octanol–water partition coefficient (Wildman–Crippen LogP) is 13.4. The van der Waals surface area contributed by atoms with Gasteiger partial charge >= 0.3 is 5.97 Å². The molecule has 2 aromatic rings. The summed E-state index contributed by atoms with van der Waals surface area (Å²) in [5, 5.41) is 0. The molecule has 0 aliphatic heterocycles. The quantitative estimate of drug-likeness (QED) is 0.0872. The number of carbonyl (C=O) groups is 1. The first-order chi connectivity index (χ1) is 25.6. The van der Waals surface area contributed by atoms with Gasteiger partial charge in [-0.3, -0.25) is 4.79 Å². The minimum absolute atomic E-state index is 0.0158. The molecule has 292 valence electrons. The van der Waals surface area contributed by atoms with Crippen LogP contribution < -0.4 is 9.47 Å². The molecule has 2 aromatic carbocycles. The van der Waals surface area contributed by atoms with Crippen LogP contribution in [0.3, 0.4) is 0 Å². The number of hydrogen-bond acceptors (Lipinski definition) is 4. The summed E-state index contributed by atoms with van der Waals surface area (Å²) in [6.45, 7) is 16.2. The van der Waals surface area contributed by atoms with Gasteiger partial charge < -0.3 is 14.2 Å². The lowest BCUT2D eigenvalue weighted by molar-refractivity contribution is -0.151. The van der Waals surface area contributed by atoms with Crippen LogP contribution in [-0.4, -0.2) is 25.3 Å². The van der Waals surface area contributed by atoms with Crippen LogP contribution >= 0.6 is 0 Å². The molecule has 3 fully saturated rings. The van der Waals surface area contributed by atoms with E-state index < -0.39 is 0 Å². The van der Waals surface area contributed by atoms with Crippen LogP contribution in [0.15, 0.2) is 60.2 Å². The van der Waals surface area contributed by atoms with Crippen molar-refractivity contribution in [1.29, 1.82) is 0 Å². The summed E-state index contributed by atoms with van der Waals surface area (Å²) in [7, 11) is 0. The monoisotopic (exact) mass is 725 g/mol. The van der Waals surface area contributed by atoms with Gasteiger partial charge in [0.1, 0.15) is 17.6 Å².